The molecule has 116 valence electrons. The van der Waals surface area contributed by atoms with E-state index in [1.54, 1.807) is 0 Å². The Bertz CT molecular complexity index is 444. The van der Waals surface area contributed by atoms with Gasteiger partial charge in [0.15, 0.2) is 0 Å². The van der Waals surface area contributed by atoms with Crippen LogP contribution in [-0.4, -0.2) is 25.5 Å². The lowest BCUT2D eigenvalue weighted by Crippen LogP contribution is -2.30. The molecular formula is C18H28N2O. The number of hydrogen-bond acceptors (Lipinski definition) is 2. The fourth-order valence-electron chi connectivity index (χ4n) is 3.15. The first-order chi connectivity index (χ1) is 10.1. The second kappa shape index (κ2) is 8.18. The predicted molar refractivity (Wildman–Crippen MR) is 87.5 cm³/mol. The molecule has 0 aliphatic carbocycles. The Morgan fingerprint density at radius 1 is 1.19 bits per heavy atom. The molecule has 1 saturated heterocycles. The van der Waals surface area contributed by atoms with E-state index in [-0.39, 0.29) is 5.91 Å². The van der Waals surface area contributed by atoms with Crippen LogP contribution in [0.4, 0.5) is 0 Å². The summed E-state index contributed by atoms with van der Waals surface area (Å²) in [5.41, 5.74) is 3.90. The summed E-state index contributed by atoms with van der Waals surface area (Å²) >= 11 is 0. The molecule has 0 spiro atoms. The molecule has 3 nitrogen and oxygen atoms in total. The maximum absolute atomic E-state index is 11.9. The first kappa shape index (κ1) is 16.0. The van der Waals surface area contributed by atoms with Crippen molar-refractivity contribution in [3.63, 3.8) is 0 Å². The quantitative estimate of drug-likeness (QED) is 0.845. The fourth-order valence-corrected chi connectivity index (χ4v) is 3.15. The predicted octanol–water partition coefficient (Wildman–Crippen LogP) is 2.74. The number of nitrogens with one attached hydrogen (secondary N) is 2. The number of benzene rings is 1. The molecule has 1 amide bonds. The zero-order chi connectivity index (χ0) is 15.1. The van der Waals surface area contributed by atoms with Gasteiger partial charge in [-0.1, -0.05) is 29.3 Å². The maximum Gasteiger partial charge on any atom is 0.220 e. The van der Waals surface area contributed by atoms with Crippen molar-refractivity contribution in [2.45, 2.75) is 46.0 Å². The van der Waals surface area contributed by atoms with Crippen LogP contribution in [0.15, 0.2) is 18.2 Å². The first-order valence-corrected chi connectivity index (χ1v) is 8.18. The minimum atomic E-state index is 0.206. The van der Waals surface area contributed by atoms with E-state index in [1.807, 2.05) is 0 Å². The first-order valence-electron chi connectivity index (χ1n) is 8.18. The lowest BCUT2D eigenvalue weighted by Gasteiger charge is -2.22. The average Bonchev–Trinajstić information content (AvgIpc) is 2.45. The smallest absolute Gasteiger partial charge is 0.220 e. The van der Waals surface area contributed by atoms with E-state index < -0.39 is 0 Å². The minimum absolute atomic E-state index is 0.206. The summed E-state index contributed by atoms with van der Waals surface area (Å²) in [4.78, 5) is 11.9. The number of amides is 1. The number of hydrogen-bond donors (Lipinski definition) is 2. The van der Waals surface area contributed by atoms with Gasteiger partial charge in [0.05, 0.1) is 0 Å². The summed E-state index contributed by atoms with van der Waals surface area (Å²) in [5, 5.41) is 6.42. The van der Waals surface area contributed by atoms with Crippen LogP contribution >= 0.6 is 0 Å². The molecule has 2 N–H and O–H groups in total. The molecule has 3 heteroatoms. The Labute approximate surface area is 128 Å². The SMILES string of the molecule is Cc1cc(C)cc(CCNC(=O)CCC2CCNCC2)c1. The lowest BCUT2D eigenvalue weighted by atomic mass is 9.93. The van der Waals surface area contributed by atoms with Gasteiger partial charge in [-0.25, -0.2) is 0 Å². The second-order valence-corrected chi connectivity index (χ2v) is 6.33. The number of carbonyl (C=O) groups excluding carboxylic acids is 1. The van der Waals surface area contributed by atoms with E-state index in [0.717, 1.165) is 38.4 Å². The third kappa shape index (κ3) is 5.88. The van der Waals surface area contributed by atoms with Gasteiger partial charge in [0.1, 0.15) is 0 Å². The summed E-state index contributed by atoms with van der Waals surface area (Å²) in [7, 11) is 0. The topological polar surface area (TPSA) is 41.1 Å². The highest BCUT2D eigenvalue weighted by Crippen LogP contribution is 2.17. The fraction of sp³-hybridized carbons (Fsp3) is 0.611. The van der Waals surface area contributed by atoms with Crippen molar-refractivity contribution >= 4 is 5.91 Å². The van der Waals surface area contributed by atoms with Gasteiger partial charge < -0.3 is 10.6 Å². The van der Waals surface area contributed by atoms with Crippen molar-refractivity contribution in [1.82, 2.24) is 10.6 Å². The largest absolute Gasteiger partial charge is 0.356 e. The van der Waals surface area contributed by atoms with Gasteiger partial charge in [-0.05, 0) is 64.1 Å². The summed E-state index contributed by atoms with van der Waals surface area (Å²) in [6.45, 7) is 7.20. The van der Waals surface area contributed by atoms with Crippen LogP contribution in [0, 0.1) is 19.8 Å². The standard InChI is InChI=1S/C18H28N2O/c1-14-11-15(2)13-17(12-14)7-10-20-18(21)4-3-16-5-8-19-9-6-16/h11-13,16,19H,3-10H2,1-2H3,(H,20,21). The molecule has 21 heavy (non-hydrogen) atoms. The Balaban J connectivity index is 1.64. The number of piperidine rings is 1. The van der Waals surface area contributed by atoms with E-state index in [9.17, 15) is 4.79 Å². The molecule has 0 saturated carbocycles. The van der Waals surface area contributed by atoms with Gasteiger partial charge in [-0.15, -0.1) is 0 Å². The monoisotopic (exact) mass is 288 g/mol. The van der Waals surface area contributed by atoms with Crippen LogP contribution in [0.2, 0.25) is 0 Å². The lowest BCUT2D eigenvalue weighted by molar-refractivity contribution is -0.121. The van der Waals surface area contributed by atoms with E-state index >= 15 is 0 Å². The van der Waals surface area contributed by atoms with Crippen LogP contribution in [0.5, 0.6) is 0 Å². The zero-order valence-corrected chi connectivity index (χ0v) is 13.4. The van der Waals surface area contributed by atoms with Crippen molar-refractivity contribution in [3.05, 3.63) is 34.9 Å². The van der Waals surface area contributed by atoms with Crippen molar-refractivity contribution in [2.24, 2.45) is 5.92 Å². The minimum Gasteiger partial charge on any atom is -0.356 e. The summed E-state index contributed by atoms with van der Waals surface area (Å²) in [6.07, 6.45) is 5.07. The van der Waals surface area contributed by atoms with Gasteiger partial charge >= 0.3 is 0 Å². The molecule has 0 radical (unpaired) electrons. The van der Waals surface area contributed by atoms with E-state index in [1.165, 1.54) is 29.5 Å². The summed E-state index contributed by atoms with van der Waals surface area (Å²) < 4.78 is 0. The van der Waals surface area contributed by atoms with Crippen molar-refractivity contribution in [1.29, 1.82) is 0 Å². The zero-order valence-electron chi connectivity index (χ0n) is 13.4. The molecule has 1 aromatic carbocycles. The van der Waals surface area contributed by atoms with Crippen LogP contribution in [0.3, 0.4) is 0 Å². The Morgan fingerprint density at radius 3 is 2.52 bits per heavy atom. The van der Waals surface area contributed by atoms with Crippen LogP contribution < -0.4 is 10.6 Å². The van der Waals surface area contributed by atoms with Gasteiger partial charge in [-0.3, -0.25) is 4.79 Å². The van der Waals surface area contributed by atoms with Gasteiger partial charge in [0, 0.05) is 13.0 Å². The molecule has 1 fully saturated rings. The number of aryl methyl sites for hydroxylation is 2. The van der Waals surface area contributed by atoms with Crippen molar-refractivity contribution in [2.75, 3.05) is 19.6 Å². The normalized spacial score (nSPS) is 15.9. The molecule has 1 aromatic rings. The van der Waals surface area contributed by atoms with Gasteiger partial charge in [0.25, 0.3) is 0 Å². The number of carbonyl (C=O) groups is 1. The Hall–Kier alpha value is -1.35. The number of rotatable bonds is 6. The molecule has 1 aliphatic heterocycles. The Morgan fingerprint density at radius 2 is 1.86 bits per heavy atom. The molecule has 0 unspecified atom stereocenters. The van der Waals surface area contributed by atoms with Crippen LogP contribution in [-0.2, 0) is 11.2 Å². The van der Waals surface area contributed by atoms with E-state index in [0.29, 0.717) is 6.42 Å². The van der Waals surface area contributed by atoms with Crippen molar-refractivity contribution in [3.8, 4) is 0 Å². The molecule has 0 atom stereocenters. The highest BCUT2D eigenvalue weighted by molar-refractivity contribution is 5.75. The van der Waals surface area contributed by atoms with Gasteiger partial charge in [0.2, 0.25) is 5.91 Å². The molecule has 0 bridgehead atoms. The van der Waals surface area contributed by atoms with Gasteiger partial charge in [-0.2, -0.15) is 0 Å². The maximum atomic E-state index is 11.9. The van der Waals surface area contributed by atoms with Crippen molar-refractivity contribution < 1.29 is 4.79 Å². The highest BCUT2D eigenvalue weighted by atomic mass is 16.1. The second-order valence-electron chi connectivity index (χ2n) is 6.33. The third-order valence-corrected chi connectivity index (χ3v) is 4.26. The summed E-state index contributed by atoms with van der Waals surface area (Å²) in [5.74, 6) is 0.939. The van der Waals surface area contributed by atoms with Crippen LogP contribution in [0.1, 0.15) is 42.4 Å². The molecular weight excluding hydrogens is 260 g/mol. The molecule has 1 aliphatic rings. The third-order valence-electron chi connectivity index (χ3n) is 4.26. The molecule has 1 heterocycles. The Kier molecular flexibility index (Phi) is 6.24. The summed E-state index contributed by atoms with van der Waals surface area (Å²) in [6, 6.07) is 6.59. The van der Waals surface area contributed by atoms with Crippen LogP contribution in [0.25, 0.3) is 0 Å². The average molecular weight is 288 g/mol. The highest BCUT2D eigenvalue weighted by Gasteiger charge is 2.14. The van der Waals surface area contributed by atoms with E-state index in [2.05, 4.69) is 42.7 Å². The molecule has 2 rings (SSSR count). The molecule has 0 aromatic heterocycles. The van der Waals surface area contributed by atoms with E-state index in [4.69, 9.17) is 0 Å².